The van der Waals surface area contributed by atoms with Crippen LogP contribution in [0.15, 0.2) is 0 Å². The van der Waals surface area contributed by atoms with Crippen molar-refractivity contribution in [1.82, 2.24) is 5.32 Å². The Labute approximate surface area is 66.8 Å². The molecule has 1 saturated heterocycles. The lowest BCUT2D eigenvalue weighted by Gasteiger charge is -2.33. The van der Waals surface area contributed by atoms with Gasteiger partial charge in [0, 0.05) is 6.54 Å². The van der Waals surface area contributed by atoms with E-state index < -0.39 is 11.7 Å². The van der Waals surface area contributed by atoms with E-state index >= 15 is 0 Å². The number of rotatable bonds is 0. The molecule has 3 N–H and O–H groups in total. The van der Waals surface area contributed by atoms with Gasteiger partial charge >= 0.3 is 0 Å². The van der Waals surface area contributed by atoms with Crippen LogP contribution in [0.5, 0.6) is 0 Å². The van der Waals surface area contributed by atoms with Crippen molar-refractivity contribution in [3.05, 3.63) is 0 Å². The summed E-state index contributed by atoms with van der Waals surface area (Å²) in [5, 5.41) is 21.5. The van der Waals surface area contributed by atoms with Crippen molar-refractivity contribution in [2.75, 3.05) is 13.1 Å². The fourth-order valence-electron chi connectivity index (χ4n) is 1.01. The SMILES string of the molecule is C[C@@]1(O)CNCC[C@@H]1O.Cl. The van der Waals surface area contributed by atoms with Gasteiger partial charge in [-0.15, -0.1) is 12.4 Å². The quantitative estimate of drug-likeness (QED) is 0.457. The summed E-state index contributed by atoms with van der Waals surface area (Å²) in [5.74, 6) is 0. The molecule has 62 valence electrons. The third kappa shape index (κ3) is 2.09. The number of aliphatic hydroxyl groups is 2. The topological polar surface area (TPSA) is 52.5 Å². The minimum absolute atomic E-state index is 0. The molecule has 0 saturated carbocycles. The summed E-state index contributed by atoms with van der Waals surface area (Å²) in [5.41, 5.74) is -0.918. The molecule has 3 nitrogen and oxygen atoms in total. The molecule has 4 heteroatoms. The summed E-state index contributed by atoms with van der Waals surface area (Å²) in [7, 11) is 0. The molecule has 0 bridgehead atoms. The molecule has 1 aliphatic rings. The number of piperidine rings is 1. The van der Waals surface area contributed by atoms with Gasteiger partial charge in [-0.1, -0.05) is 0 Å². The Morgan fingerprint density at radius 1 is 1.60 bits per heavy atom. The summed E-state index contributed by atoms with van der Waals surface area (Å²) < 4.78 is 0. The van der Waals surface area contributed by atoms with Gasteiger partial charge in [-0.3, -0.25) is 0 Å². The van der Waals surface area contributed by atoms with E-state index in [1.807, 2.05) is 0 Å². The van der Waals surface area contributed by atoms with E-state index in [9.17, 15) is 5.11 Å². The normalized spacial score (nSPS) is 40.5. The summed E-state index contributed by atoms with van der Waals surface area (Å²) in [4.78, 5) is 0. The molecule has 2 atom stereocenters. The predicted octanol–water partition coefficient (Wildman–Crippen LogP) is -0.487. The Hall–Kier alpha value is 0.170. The number of halogens is 1. The first-order chi connectivity index (χ1) is 4.13. The largest absolute Gasteiger partial charge is 0.390 e. The monoisotopic (exact) mass is 167 g/mol. The van der Waals surface area contributed by atoms with E-state index in [0.29, 0.717) is 13.0 Å². The minimum atomic E-state index is -0.918. The average Bonchev–Trinajstić information content (AvgIpc) is 1.77. The Kier molecular flexibility index (Phi) is 3.59. The van der Waals surface area contributed by atoms with Gasteiger partial charge in [0.2, 0.25) is 0 Å². The molecule has 1 aliphatic heterocycles. The van der Waals surface area contributed by atoms with Crippen LogP contribution in [0.3, 0.4) is 0 Å². The van der Waals surface area contributed by atoms with Crippen LogP contribution < -0.4 is 5.32 Å². The van der Waals surface area contributed by atoms with Gasteiger partial charge in [-0.05, 0) is 19.9 Å². The predicted molar refractivity (Wildman–Crippen MR) is 41.4 cm³/mol. The van der Waals surface area contributed by atoms with Crippen LogP contribution in [0, 0.1) is 0 Å². The highest BCUT2D eigenvalue weighted by atomic mass is 35.5. The highest BCUT2D eigenvalue weighted by Crippen LogP contribution is 2.14. The smallest absolute Gasteiger partial charge is 0.100 e. The first kappa shape index (κ1) is 10.2. The molecular weight excluding hydrogens is 154 g/mol. The third-order valence-corrected chi connectivity index (χ3v) is 1.80. The van der Waals surface area contributed by atoms with Gasteiger partial charge in [-0.25, -0.2) is 0 Å². The molecule has 0 amide bonds. The van der Waals surface area contributed by atoms with Crippen LogP contribution in [0.1, 0.15) is 13.3 Å². The number of nitrogens with one attached hydrogen (secondary N) is 1. The zero-order valence-corrected chi connectivity index (χ0v) is 6.82. The Bertz CT molecular complexity index is 108. The minimum Gasteiger partial charge on any atom is -0.390 e. The van der Waals surface area contributed by atoms with E-state index in [2.05, 4.69) is 5.32 Å². The average molecular weight is 168 g/mol. The number of hydrogen-bond donors (Lipinski definition) is 3. The molecule has 1 rings (SSSR count). The summed E-state index contributed by atoms with van der Waals surface area (Å²) in [6.45, 7) is 2.94. The van der Waals surface area contributed by atoms with Gasteiger partial charge < -0.3 is 15.5 Å². The van der Waals surface area contributed by atoms with Gasteiger partial charge in [0.1, 0.15) is 5.60 Å². The van der Waals surface area contributed by atoms with E-state index in [-0.39, 0.29) is 12.4 Å². The Balaban J connectivity index is 0.000000810. The van der Waals surface area contributed by atoms with E-state index in [1.54, 1.807) is 6.92 Å². The molecule has 0 aliphatic carbocycles. The van der Waals surface area contributed by atoms with Crippen molar-refractivity contribution in [2.45, 2.75) is 25.0 Å². The molecule has 0 spiro atoms. The molecule has 1 heterocycles. The highest BCUT2D eigenvalue weighted by molar-refractivity contribution is 5.85. The Morgan fingerprint density at radius 3 is 2.50 bits per heavy atom. The summed E-state index contributed by atoms with van der Waals surface area (Å²) >= 11 is 0. The van der Waals surface area contributed by atoms with Crippen LogP contribution in [-0.4, -0.2) is 35.0 Å². The zero-order chi connectivity index (χ0) is 6.91. The summed E-state index contributed by atoms with van der Waals surface area (Å²) in [6, 6.07) is 0. The van der Waals surface area contributed by atoms with Crippen LogP contribution in [0.25, 0.3) is 0 Å². The molecule has 10 heavy (non-hydrogen) atoms. The fraction of sp³-hybridized carbons (Fsp3) is 1.00. The summed E-state index contributed by atoms with van der Waals surface area (Å²) in [6.07, 6.45) is 0.0891. The van der Waals surface area contributed by atoms with Crippen molar-refractivity contribution < 1.29 is 10.2 Å². The molecule has 0 unspecified atom stereocenters. The van der Waals surface area contributed by atoms with Gasteiger partial charge in [-0.2, -0.15) is 0 Å². The van der Waals surface area contributed by atoms with Gasteiger partial charge in [0.15, 0.2) is 0 Å². The van der Waals surface area contributed by atoms with Crippen LogP contribution in [-0.2, 0) is 0 Å². The Morgan fingerprint density at radius 2 is 2.20 bits per heavy atom. The second kappa shape index (κ2) is 3.53. The van der Waals surface area contributed by atoms with E-state index in [1.165, 1.54) is 0 Å². The van der Waals surface area contributed by atoms with Crippen molar-refractivity contribution in [2.24, 2.45) is 0 Å². The maximum Gasteiger partial charge on any atom is 0.100 e. The molecular formula is C6H14ClNO2. The van der Waals surface area contributed by atoms with Crippen molar-refractivity contribution in [3.63, 3.8) is 0 Å². The third-order valence-electron chi connectivity index (χ3n) is 1.80. The lowest BCUT2D eigenvalue weighted by Crippen LogP contribution is -2.53. The van der Waals surface area contributed by atoms with Gasteiger partial charge in [0.25, 0.3) is 0 Å². The lowest BCUT2D eigenvalue weighted by molar-refractivity contribution is -0.0763. The van der Waals surface area contributed by atoms with E-state index in [4.69, 9.17) is 5.11 Å². The van der Waals surface area contributed by atoms with Crippen LogP contribution in [0.2, 0.25) is 0 Å². The maximum atomic E-state index is 9.33. The molecule has 0 aromatic heterocycles. The maximum absolute atomic E-state index is 9.33. The van der Waals surface area contributed by atoms with E-state index in [0.717, 1.165) is 6.54 Å². The van der Waals surface area contributed by atoms with Crippen molar-refractivity contribution in [3.8, 4) is 0 Å². The first-order valence-electron chi connectivity index (χ1n) is 3.24. The molecule has 1 fully saturated rings. The van der Waals surface area contributed by atoms with Crippen LogP contribution in [0.4, 0.5) is 0 Å². The van der Waals surface area contributed by atoms with Crippen molar-refractivity contribution in [1.29, 1.82) is 0 Å². The fourth-order valence-corrected chi connectivity index (χ4v) is 1.01. The number of hydrogen-bond acceptors (Lipinski definition) is 3. The standard InChI is InChI=1S/C6H13NO2.ClH/c1-6(9)4-7-3-2-5(6)8;/h5,7-9H,2-4H2,1H3;1H/t5-,6+;/m0./s1. The lowest BCUT2D eigenvalue weighted by atomic mass is 9.93. The second-order valence-electron chi connectivity index (χ2n) is 2.84. The van der Waals surface area contributed by atoms with Crippen molar-refractivity contribution >= 4 is 12.4 Å². The number of β-amino-alcohol motifs (C(OH)–C–C–N with tert-alkyl or cyclic N) is 1. The zero-order valence-electron chi connectivity index (χ0n) is 6.00. The number of aliphatic hydroxyl groups excluding tert-OH is 1. The molecule has 0 radical (unpaired) electrons. The molecule has 0 aromatic rings. The second-order valence-corrected chi connectivity index (χ2v) is 2.84. The first-order valence-corrected chi connectivity index (χ1v) is 3.24. The highest BCUT2D eigenvalue weighted by Gasteiger charge is 2.32. The van der Waals surface area contributed by atoms with Crippen LogP contribution >= 0.6 is 12.4 Å². The van der Waals surface area contributed by atoms with Gasteiger partial charge in [0.05, 0.1) is 6.10 Å². The molecule has 0 aromatic carbocycles.